The molecule has 0 unspecified atom stereocenters. The first-order chi connectivity index (χ1) is 18.4. The highest BCUT2D eigenvalue weighted by Gasteiger charge is 2.50. The largest absolute Gasteiger partial charge is 0.353 e. The molecule has 2 aliphatic carbocycles. The smallest absolute Gasteiger partial charge is 0.279 e. The van der Waals surface area contributed by atoms with Crippen LogP contribution in [0.3, 0.4) is 0 Å². The third-order valence-electron chi connectivity index (χ3n) is 9.10. The van der Waals surface area contributed by atoms with Crippen molar-refractivity contribution in [3.8, 4) is 5.69 Å². The molecule has 1 aliphatic heterocycles. The van der Waals surface area contributed by atoms with E-state index in [1.54, 1.807) is 10.8 Å². The minimum absolute atomic E-state index is 0.0252. The number of pyridine rings is 1. The number of benzene rings is 1. The Morgan fingerprint density at radius 3 is 2.74 bits per heavy atom. The zero-order valence-electron chi connectivity index (χ0n) is 22.3. The number of imidazole rings is 1. The van der Waals surface area contributed by atoms with E-state index >= 15 is 0 Å². The summed E-state index contributed by atoms with van der Waals surface area (Å²) >= 11 is 0. The Labute approximate surface area is 222 Å². The Bertz CT molecular complexity index is 1550. The highest BCUT2D eigenvalue weighted by atomic mass is 19.1. The quantitative estimate of drug-likeness (QED) is 0.366. The van der Waals surface area contributed by atoms with E-state index in [2.05, 4.69) is 46.2 Å². The van der Waals surface area contributed by atoms with E-state index in [0.29, 0.717) is 24.3 Å². The van der Waals surface area contributed by atoms with E-state index in [-0.39, 0.29) is 5.56 Å². The standard InChI is InChI=1S/C31H36FN5O/c1-20-5-4-11-36(17-20)18-24-14-26-27(21-8-9-21)19-37(29(38)28(26)34-24)25-7-3-6-22(13-25)31(15-23(32)16-31)30-33-10-12-35(30)2/h3,6-7,10,12-14,19-21,23,34H,4-5,8-9,11,15-18H2,1-2H3/t20-,23?,31?/m0/s1. The van der Waals surface area contributed by atoms with Crippen molar-refractivity contribution in [2.45, 2.75) is 69.5 Å². The lowest BCUT2D eigenvalue weighted by Gasteiger charge is -2.44. The number of likely N-dealkylation sites (tertiary alicyclic amines) is 1. The highest BCUT2D eigenvalue weighted by molar-refractivity contribution is 5.84. The molecule has 1 aromatic carbocycles. The number of alkyl halides is 1. The molecule has 1 saturated heterocycles. The third-order valence-corrected chi connectivity index (χ3v) is 9.10. The molecule has 0 bridgehead atoms. The number of hydrogen-bond acceptors (Lipinski definition) is 3. The van der Waals surface area contributed by atoms with Crippen LogP contribution in [0, 0.1) is 5.92 Å². The van der Waals surface area contributed by atoms with E-state index in [4.69, 9.17) is 0 Å². The number of aromatic nitrogens is 4. The summed E-state index contributed by atoms with van der Waals surface area (Å²) in [6, 6.07) is 10.3. The van der Waals surface area contributed by atoms with Gasteiger partial charge in [0.2, 0.25) is 0 Å². The van der Waals surface area contributed by atoms with Gasteiger partial charge in [-0.05, 0) is 86.2 Å². The molecular weight excluding hydrogens is 477 g/mol. The van der Waals surface area contributed by atoms with Crippen molar-refractivity contribution in [3.05, 3.63) is 81.9 Å². The number of halogens is 1. The van der Waals surface area contributed by atoms with Crippen LogP contribution in [0.5, 0.6) is 0 Å². The van der Waals surface area contributed by atoms with Gasteiger partial charge in [0.05, 0.1) is 5.41 Å². The third kappa shape index (κ3) is 3.94. The summed E-state index contributed by atoms with van der Waals surface area (Å²) < 4.78 is 18.1. The Hall–Kier alpha value is -3.19. The Balaban J connectivity index is 1.30. The molecule has 3 aliphatic rings. The molecule has 0 spiro atoms. The molecule has 2 saturated carbocycles. The van der Waals surface area contributed by atoms with Gasteiger partial charge in [-0.3, -0.25) is 14.3 Å². The number of nitrogens with one attached hydrogen (secondary N) is 1. The lowest BCUT2D eigenvalue weighted by atomic mass is 9.62. The second-order valence-corrected chi connectivity index (χ2v) is 12.1. The van der Waals surface area contributed by atoms with Crippen molar-refractivity contribution < 1.29 is 4.39 Å². The first-order valence-corrected chi connectivity index (χ1v) is 14.1. The molecule has 198 valence electrons. The molecular formula is C31H36FN5O. The number of aromatic amines is 1. The summed E-state index contributed by atoms with van der Waals surface area (Å²) in [5.41, 5.74) is 4.43. The lowest BCUT2D eigenvalue weighted by molar-refractivity contribution is 0.115. The summed E-state index contributed by atoms with van der Waals surface area (Å²) in [6.07, 6.45) is 10.6. The van der Waals surface area contributed by atoms with Crippen LogP contribution in [0.4, 0.5) is 4.39 Å². The summed E-state index contributed by atoms with van der Waals surface area (Å²) in [5.74, 6) is 2.10. The number of aryl methyl sites for hydroxylation is 1. The van der Waals surface area contributed by atoms with E-state index in [1.807, 2.05) is 29.9 Å². The fourth-order valence-electron chi connectivity index (χ4n) is 6.99. The van der Waals surface area contributed by atoms with E-state index in [0.717, 1.165) is 66.5 Å². The van der Waals surface area contributed by atoms with Crippen LogP contribution in [0.2, 0.25) is 0 Å². The van der Waals surface area contributed by atoms with Gasteiger partial charge in [-0.1, -0.05) is 19.1 Å². The summed E-state index contributed by atoms with van der Waals surface area (Å²) in [4.78, 5) is 24.5. The molecule has 6 nitrogen and oxygen atoms in total. The zero-order valence-corrected chi connectivity index (χ0v) is 22.3. The minimum Gasteiger partial charge on any atom is -0.353 e. The SMILES string of the molecule is C[C@H]1CCCN(Cc2cc3c(C4CC4)cn(-c4cccc(C5(c6nccn6C)CC(F)C5)c4)c(=O)c3[nH]2)C1. The first kappa shape index (κ1) is 23.9. The van der Waals surface area contributed by atoms with Gasteiger partial charge in [0.25, 0.3) is 5.56 Å². The molecule has 4 heterocycles. The van der Waals surface area contributed by atoms with Crippen molar-refractivity contribution in [1.29, 1.82) is 0 Å². The molecule has 0 radical (unpaired) electrons. The molecule has 1 N–H and O–H groups in total. The fourth-order valence-corrected chi connectivity index (χ4v) is 6.99. The number of rotatable bonds is 6. The predicted molar refractivity (Wildman–Crippen MR) is 148 cm³/mol. The van der Waals surface area contributed by atoms with Gasteiger partial charge in [0.15, 0.2) is 0 Å². The normalized spacial score (nSPS) is 26.1. The average molecular weight is 514 g/mol. The molecule has 4 aromatic rings. The molecule has 3 aromatic heterocycles. The maximum absolute atomic E-state index is 14.3. The average Bonchev–Trinajstić information content (AvgIpc) is 3.50. The highest BCUT2D eigenvalue weighted by Crippen LogP contribution is 2.50. The van der Waals surface area contributed by atoms with Crippen LogP contribution in [-0.4, -0.2) is 43.3 Å². The van der Waals surface area contributed by atoms with E-state index < -0.39 is 11.6 Å². The van der Waals surface area contributed by atoms with Gasteiger partial charge < -0.3 is 9.55 Å². The maximum atomic E-state index is 14.3. The predicted octanol–water partition coefficient (Wildman–Crippen LogP) is 5.58. The maximum Gasteiger partial charge on any atom is 0.279 e. The molecule has 7 rings (SSSR count). The van der Waals surface area contributed by atoms with Crippen LogP contribution >= 0.6 is 0 Å². The van der Waals surface area contributed by atoms with Crippen molar-refractivity contribution in [2.75, 3.05) is 13.1 Å². The van der Waals surface area contributed by atoms with Crippen molar-refractivity contribution >= 4 is 10.9 Å². The van der Waals surface area contributed by atoms with Gasteiger partial charge >= 0.3 is 0 Å². The molecule has 38 heavy (non-hydrogen) atoms. The van der Waals surface area contributed by atoms with Crippen molar-refractivity contribution in [3.63, 3.8) is 0 Å². The first-order valence-electron chi connectivity index (χ1n) is 14.1. The van der Waals surface area contributed by atoms with Crippen LogP contribution < -0.4 is 5.56 Å². The van der Waals surface area contributed by atoms with Gasteiger partial charge in [0, 0.05) is 55.5 Å². The lowest BCUT2D eigenvalue weighted by Crippen LogP contribution is -2.45. The topological polar surface area (TPSA) is 58.9 Å². The number of piperidine rings is 1. The second kappa shape index (κ2) is 8.94. The van der Waals surface area contributed by atoms with Gasteiger partial charge in [-0.2, -0.15) is 0 Å². The summed E-state index contributed by atoms with van der Waals surface area (Å²) in [5, 5.41) is 1.08. The summed E-state index contributed by atoms with van der Waals surface area (Å²) in [6.45, 7) is 5.41. The molecule has 3 fully saturated rings. The van der Waals surface area contributed by atoms with Crippen LogP contribution in [0.15, 0.2) is 53.7 Å². The molecule has 7 heteroatoms. The zero-order chi connectivity index (χ0) is 26.0. The van der Waals surface area contributed by atoms with Crippen LogP contribution in [0.25, 0.3) is 16.6 Å². The van der Waals surface area contributed by atoms with E-state index in [1.165, 1.54) is 18.4 Å². The Morgan fingerprint density at radius 2 is 2.03 bits per heavy atom. The number of fused-ring (bicyclic) bond motifs is 1. The van der Waals surface area contributed by atoms with Crippen LogP contribution in [-0.2, 0) is 19.0 Å². The Kier molecular flexibility index (Phi) is 5.62. The van der Waals surface area contributed by atoms with Crippen molar-refractivity contribution in [2.24, 2.45) is 13.0 Å². The van der Waals surface area contributed by atoms with Gasteiger partial charge in [-0.15, -0.1) is 0 Å². The van der Waals surface area contributed by atoms with Gasteiger partial charge in [0.1, 0.15) is 17.5 Å². The Morgan fingerprint density at radius 1 is 1.18 bits per heavy atom. The number of hydrogen-bond donors (Lipinski definition) is 1. The molecule has 1 atom stereocenters. The van der Waals surface area contributed by atoms with Crippen LogP contribution in [0.1, 0.15) is 74.0 Å². The molecule has 0 amide bonds. The van der Waals surface area contributed by atoms with Crippen molar-refractivity contribution in [1.82, 2.24) is 24.0 Å². The van der Waals surface area contributed by atoms with Gasteiger partial charge in [-0.25, -0.2) is 9.37 Å². The van der Waals surface area contributed by atoms with E-state index in [9.17, 15) is 9.18 Å². The second-order valence-electron chi connectivity index (χ2n) is 12.1. The minimum atomic E-state index is -0.837. The summed E-state index contributed by atoms with van der Waals surface area (Å²) in [7, 11) is 1.97. The fraction of sp³-hybridized carbons (Fsp3) is 0.484. The number of H-pyrrole nitrogens is 1. The number of nitrogens with zero attached hydrogens (tertiary/aromatic N) is 4. The monoisotopic (exact) mass is 513 g/mol.